The van der Waals surface area contributed by atoms with Gasteiger partial charge in [-0.2, -0.15) is 0 Å². The van der Waals surface area contributed by atoms with Crippen LogP contribution in [0.25, 0.3) is 10.9 Å². The summed E-state index contributed by atoms with van der Waals surface area (Å²) in [5.74, 6) is -0.0758. The van der Waals surface area contributed by atoms with Gasteiger partial charge in [-0.05, 0) is 30.3 Å². The second-order valence-electron chi connectivity index (χ2n) is 4.02. The quantitative estimate of drug-likeness (QED) is 0.785. The number of amides is 1. The molecule has 3 rings (SSSR count). The first-order valence-corrected chi connectivity index (χ1v) is 6.25. The van der Waals surface area contributed by atoms with Crippen molar-refractivity contribution in [2.45, 2.75) is 0 Å². The molecule has 3 aromatic rings. The molecule has 0 aliphatic carbocycles. The molecule has 98 valence electrons. The molecule has 6 heteroatoms. The van der Waals surface area contributed by atoms with Gasteiger partial charge < -0.3 is 0 Å². The van der Waals surface area contributed by atoms with Crippen LogP contribution in [0.5, 0.6) is 0 Å². The third-order valence-electron chi connectivity index (χ3n) is 2.75. The largest absolute Gasteiger partial charge is 0.290 e. The number of pyridine rings is 1. The van der Waals surface area contributed by atoms with Gasteiger partial charge in [-0.3, -0.25) is 15.1 Å². The smallest absolute Gasteiger partial charge is 0.260 e. The zero-order valence-corrected chi connectivity index (χ0v) is 11.0. The fraction of sp³-hybridized carbons (Fsp3) is 0. The van der Waals surface area contributed by atoms with Crippen molar-refractivity contribution in [2.24, 2.45) is 0 Å². The molecular formula is C14H9ClN4O. The Morgan fingerprint density at radius 1 is 1.00 bits per heavy atom. The molecule has 1 N–H and O–H groups in total. The summed E-state index contributed by atoms with van der Waals surface area (Å²) >= 11 is 6.10. The van der Waals surface area contributed by atoms with Gasteiger partial charge in [-0.15, -0.1) is 0 Å². The first-order chi connectivity index (χ1) is 9.75. The Kier molecular flexibility index (Phi) is 3.26. The van der Waals surface area contributed by atoms with Gasteiger partial charge in [0.05, 0.1) is 16.1 Å². The number of nitrogens with one attached hydrogen (secondary N) is 1. The minimum Gasteiger partial charge on any atom is -0.290 e. The molecule has 0 saturated heterocycles. The molecule has 5 nitrogen and oxygen atoms in total. The van der Waals surface area contributed by atoms with Crippen molar-refractivity contribution in [2.75, 3.05) is 5.32 Å². The van der Waals surface area contributed by atoms with Crippen LogP contribution >= 0.6 is 11.6 Å². The summed E-state index contributed by atoms with van der Waals surface area (Å²) in [6.07, 6.45) is 4.73. The molecule has 0 saturated carbocycles. The van der Waals surface area contributed by atoms with Gasteiger partial charge >= 0.3 is 0 Å². The molecule has 0 atom stereocenters. The van der Waals surface area contributed by atoms with E-state index in [1.165, 1.54) is 0 Å². The van der Waals surface area contributed by atoms with E-state index in [9.17, 15) is 4.79 Å². The molecule has 0 bridgehead atoms. The van der Waals surface area contributed by atoms with Crippen molar-refractivity contribution in [1.29, 1.82) is 0 Å². The van der Waals surface area contributed by atoms with Gasteiger partial charge in [-0.25, -0.2) is 9.97 Å². The van der Waals surface area contributed by atoms with Gasteiger partial charge in [-0.1, -0.05) is 11.6 Å². The highest BCUT2D eigenvalue weighted by Gasteiger charge is 2.13. The van der Waals surface area contributed by atoms with Crippen LogP contribution in [0.15, 0.2) is 48.9 Å². The number of nitrogens with zero attached hydrogens (tertiary/aromatic N) is 3. The average Bonchev–Trinajstić information content (AvgIpc) is 2.49. The summed E-state index contributed by atoms with van der Waals surface area (Å²) in [4.78, 5) is 24.4. The highest BCUT2D eigenvalue weighted by molar-refractivity contribution is 6.36. The zero-order valence-electron chi connectivity index (χ0n) is 10.2. The fourth-order valence-electron chi connectivity index (χ4n) is 1.85. The van der Waals surface area contributed by atoms with E-state index < -0.39 is 0 Å². The highest BCUT2D eigenvalue weighted by Crippen LogP contribution is 2.25. The molecular weight excluding hydrogens is 276 g/mol. The third kappa shape index (κ3) is 2.31. The van der Waals surface area contributed by atoms with Crippen LogP contribution in [0.4, 0.5) is 5.95 Å². The minimum absolute atomic E-state index is 0.247. The summed E-state index contributed by atoms with van der Waals surface area (Å²) in [5.41, 5.74) is 0.978. The Hall–Kier alpha value is -2.53. The number of carbonyl (C=O) groups excluding carboxylic acids is 1. The van der Waals surface area contributed by atoms with Gasteiger partial charge in [0.25, 0.3) is 5.91 Å². The zero-order chi connectivity index (χ0) is 13.9. The average molecular weight is 285 g/mol. The Bertz CT molecular complexity index is 776. The highest BCUT2D eigenvalue weighted by atomic mass is 35.5. The normalized spacial score (nSPS) is 10.4. The lowest BCUT2D eigenvalue weighted by molar-refractivity contribution is 0.102. The van der Waals surface area contributed by atoms with Crippen LogP contribution in [0.3, 0.4) is 0 Å². The van der Waals surface area contributed by atoms with Crippen molar-refractivity contribution in [1.82, 2.24) is 15.0 Å². The number of hydrogen-bond donors (Lipinski definition) is 1. The first kappa shape index (κ1) is 12.5. The molecule has 0 radical (unpaired) electrons. The second-order valence-corrected chi connectivity index (χ2v) is 4.43. The Balaban J connectivity index is 2.02. The predicted octanol–water partition coefficient (Wildman–Crippen LogP) is 2.93. The van der Waals surface area contributed by atoms with E-state index in [1.54, 1.807) is 42.9 Å². The van der Waals surface area contributed by atoms with Gasteiger partial charge in [0.1, 0.15) is 0 Å². The van der Waals surface area contributed by atoms with Crippen LogP contribution in [0, 0.1) is 0 Å². The summed E-state index contributed by atoms with van der Waals surface area (Å²) in [7, 11) is 0. The van der Waals surface area contributed by atoms with E-state index in [-0.39, 0.29) is 11.9 Å². The molecule has 20 heavy (non-hydrogen) atoms. The van der Waals surface area contributed by atoms with E-state index >= 15 is 0 Å². The van der Waals surface area contributed by atoms with Crippen LogP contribution in [-0.2, 0) is 0 Å². The topological polar surface area (TPSA) is 67.8 Å². The van der Waals surface area contributed by atoms with Gasteiger partial charge in [0.15, 0.2) is 0 Å². The molecule has 1 aromatic carbocycles. The minimum atomic E-state index is -0.323. The van der Waals surface area contributed by atoms with Crippen LogP contribution in [0.1, 0.15) is 10.4 Å². The summed E-state index contributed by atoms with van der Waals surface area (Å²) in [5, 5.41) is 3.91. The van der Waals surface area contributed by atoms with E-state index in [1.807, 2.05) is 6.07 Å². The molecule has 1 amide bonds. The summed E-state index contributed by atoms with van der Waals surface area (Å²) in [6, 6.07) is 8.58. The summed E-state index contributed by atoms with van der Waals surface area (Å²) < 4.78 is 0. The van der Waals surface area contributed by atoms with Crippen molar-refractivity contribution in [3.05, 3.63) is 59.5 Å². The molecule has 0 unspecified atom stereocenters. The van der Waals surface area contributed by atoms with E-state index in [0.29, 0.717) is 16.1 Å². The Morgan fingerprint density at radius 3 is 2.55 bits per heavy atom. The molecule has 0 aliphatic rings. The van der Waals surface area contributed by atoms with Crippen molar-refractivity contribution < 1.29 is 4.79 Å². The number of benzene rings is 1. The molecule has 0 aliphatic heterocycles. The first-order valence-electron chi connectivity index (χ1n) is 5.87. The lowest BCUT2D eigenvalue weighted by Crippen LogP contribution is -2.14. The van der Waals surface area contributed by atoms with Crippen LogP contribution < -0.4 is 5.32 Å². The van der Waals surface area contributed by atoms with Crippen LogP contribution in [0.2, 0.25) is 5.02 Å². The maximum atomic E-state index is 12.3. The number of halogens is 1. The van der Waals surface area contributed by atoms with Crippen molar-refractivity contribution >= 4 is 34.4 Å². The second kappa shape index (κ2) is 5.22. The predicted molar refractivity (Wildman–Crippen MR) is 76.7 cm³/mol. The van der Waals surface area contributed by atoms with Gasteiger partial charge in [0, 0.05) is 24.0 Å². The number of fused-ring (bicyclic) bond motifs is 1. The number of aromatic nitrogens is 3. The number of anilines is 1. The number of hydrogen-bond acceptors (Lipinski definition) is 4. The monoisotopic (exact) mass is 284 g/mol. The van der Waals surface area contributed by atoms with Crippen molar-refractivity contribution in [3.63, 3.8) is 0 Å². The maximum absolute atomic E-state index is 12.3. The van der Waals surface area contributed by atoms with E-state index in [2.05, 4.69) is 20.3 Å². The standard InChI is InChI=1S/C14H9ClN4O/c15-11-5-4-10(12-9(11)3-1-6-16-12)13(20)19-14-17-7-2-8-18-14/h1-8H,(H,17,18,19,20). The Labute approximate surface area is 119 Å². The number of carbonyl (C=O) groups is 1. The maximum Gasteiger partial charge on any atom is 0.260 e. The lowest BCUT2D eigenvalue weighted by Gasteiger charge is -2.07. The SMILES string of the molecule is O=C(Nc1ncccn1)c1ccc(Cl)c2cccnc12. The molecule has 2 aromatic heterocycles. The Morgan fingerprint density at radius 2 is 1.75 bits per heavy atom. The summed E-state index contributed by atoms with van der Waals surface area (Å²) in [6.45, 7) is 0. The third-order valence-corrected chi connectivity index (χ3v) is 3.08. The number of rotatable bonds is 2. The molecule has 0 spiro atoms. The van der Waals surface area contributed by atoms with Gasteiger partial charge in [0.2, 0.25) is 5.95 Å². The van der Waals surface area contributed by atoms with Crippen LogP contribution in [-0.4, -0.2) is 20.9 Å². The molecule has 0 fully saturated rings. The van der Waals surface area contributed by atoms with E-state index in [4.69, 9.17) is 11.6 Å². The van der Waals surface area contributed by atoms with Crippen molar-refractivity contribution in [3.8, 4) is 0 Å². The van der Waals surface area contributed by atoms with E-state index in [0.717, 1.165) is 5.39 Å². The molecule has 2 heterocycles. The fourth-order valence-corrected chi connectivity index (χ4v) is 2.07. The lowest BCUT2D eigenvalue weighted by atomic mass is 10.1.